The molecular weight excluding hydrogens is 356 g/mol. The van der Waals surface area contributed by atoms with Crippen LogP contribution in [-0.4, -0.2) is 46.7 Å². The van der Waals surface area contributed by atoms with Crippen molar-refractivity contribution in [2.75, 3.05) is 13.2 Å². The van der Waals surface area contributed by atoms with Crippen LogP contribution < -0.4 is 10.1 Å². The van der Waals surface area contributed by atoms with E-state index in [0.29, 0.717) is 12.2 Å². The van der Waals surface area contributed by atoms with Gasteiger partial charge in [-0.1, -0.05) is 56.2 Å². The third kappa shape index (κ3) is 3.22. The number of carbonyl (C=O) groups is 2. The van der Waals surface area contributed by atoms with Gasteiger partial charge in [0.15, 0.2) is 0 Å². The second kappa shape index (κ2) is 7.43. The summed E-state index contributed by atoms with van der Waals surface area (Å²) in [6.07, 6.45) is 2.64. The maximum absolute atomic E-state index is 13.0. The summed E-state index contributed by atoms with van der Waals surface area (Å²) in [5, 5.41) is 15.4. The number of carbonyl (C=O) groups excluding carboxylic acids is 2. The lowest BCUT2D eigenvalue weighted by molar-refractivity contribution is -0.135. The van der Waals surface area contributed by atoms with Gasteiger partial charge in [-0.05, 0) is 30.2 Å². The highest BCUT2D eigenvalue weighted by atomic mass is 16.5. The number of β-amino-alcohol motifs (C(OH)–C–C–N with tert-alkyl or cyclic N) is 1. The van der Waals surface area contributed by atoms with Crippen LogP contribution in [0, 0.1) is 5.92 Å². The summed E-state index contributed by atoms with van der Waals surface area (Å²) in [4.78, 5) is 26.6. The fraction of sp³-hybridized carbons (Fsp3) is 0.455. The Hall–Kier alpha value is -2.60. The predicted octanol–water partition coefficient (Wildman–Crippen LogP) is 3.08. The van der Waals surface area contributed by atoms with Crippen LogP contribution in [-0.2, 0) is 4.79 Å². The molecule has 2 aliphatic rings. The fourth-order valence-electron chi connectivity index (χ4n) is 4.43. The van der Waals surface area contributed by atoms with Crippen molar-refractivity contribution < 1.29 is 19.4 Å². The first-order chi connectivity index (χ1) is 13.5. The molecule has 1 heterocycles. The van der Waals surface area contributed by atoms with Gasteiger partial charge in [0, 0.05) is 5.39 Å². The molecule has 0 aromatic heterocycles. The number of ether oxygens (including phenoxy) is 1. The Morgan fingerprint density at radius 2 is 2.00 bits per heavy atom. The number of aliphatic hydroxyl groups is 1. The molecule has 1 spiro atoms. The summed E-state index contributed by atoms with van der Waals surface area (Å²) in [6, 6.07) is 13.2. The van der Waals surface area contributed by atoms with Gasteiger partial charge in [-0.15, -0.1) is 0 Å². The number of fused-ring (bicyclic) bond motifs is 1. The van der Waals surface area contributed by atoms with E-state index in [2.05, 4.69) is 5.32 Å². The van der Waals surface area contributed by atoms with Gasteiger partial charge in [0.1, 0.15) is 24.0 Å². The molecule has 2 aromatic rings. The highest BCUT2D eigenvalue weighted by Gasteiger charge is 2.55. The van der Waals surface area contributed by atoms with E-state index in [-0.39, 0.29) is 25.0 Å². The Morgan fingerprint density at radius 3 is 2.82 bits per heavy atom. The molecule has 2 fully saturated rings. The second-order valence-corrected chi connectivity index (χ2v) is 7.91. The van der Waals surface area contributed by atoms with E-state index < -0.39 is 17.7 Å². The largest absolute Gasteiger partial charge is 0.490 e. The lowest BCUT2D eigenvalue weighted by Gasteiger charge is -2.36. The number of imide groups is 1. The highest BCUT2D eigenvalue weighted by Crippen LogP contribution is 2.38. The van der Waals surface area contributed by atoms with Crippen LogP contribution in [0.2, 0.25) is 0 Å². The molecule has 148 valence electrons. The summed E-state index contributed by atoms with van der Waals surface area (Å²) >= 11 is 0. The van der Waals surface area contributed by atoms with Gasteiger partial charge in [0.25, 0.3) is 5.91 Å². The summed E-state index contributed by atoms with van der Waals surface area (Å²) in [5.74, 6) is 0.562. The molecule has 2 aromatic carbocycles. The van der Waals surface area contributed by atoms with Gasteiger partial charge < -0.3 is 15.2 Å². The molecule has 2 N–H and O–H groups in total. The van der Waals surface area contributed by atoms with Crippen molar-refractivity contribution in [3.8, 4) is 5.75 Å². The molecular formula is C22H26N2O4. The number of hydrogen-bond donors (Lipinski definition) is 2. The van der Waals surface area contributed by atoms with E-state index >= 15 is 0 Å². The van der Waals surface area contributed by atoms with Crippen molar-refractivity contribution in [2.24, 2.45) is 5.92 Å². The maximum Gasteiger partial charge on any atom is 0.325 e. The molecule has 6 nitrogen and oxygen atoms in total. The number of amides is 3. The SMILES string of the molecule is CC1CCCCC12NC(=O)N(CC(O)COc1cccc3ccccc13)C2=O. The van der Waals surface area contributed by atoms with Crippen LogP contribution in [0.15, 0.2) is 42.5 Å². The van der Waals surface area contributed by atoms with E-state index in [0.717, 1.165) is 34.9 Å². The van der Waals surface area contributed by atoms with E-state index in [1.165, 1.54) is 0 Å². The normalized spacial score (nSPS) is 25.9. The Labute approximate surface area is 164 Å². The minimum absolute atomic E-state index is 0.00756. The lowest BCUT2D eigenvalue weighted by Crippen LogP contribution is -2.54. The molecule has 28 heavy (non-hydrogen) atoms. The predicted molar refractivity (Wildman–Crippen MR) is 106 cm³/mol. The first-order valence-electron chi connectivity index (χ1n) is 9.94. The van der Waals surface area contributed by atoms with Gasteiger partial charge in [-0.25, -0.2) is 4.79 Å². The summed E-state index contributed by atoms with van der Waals surface area (Å²) in [6.45, 7) is 1.96. The van der Waals surface area contributed by atoms with Gasteiger partial charge in [0.2, 0.25) is 0 Å². The zero-order chi connectivity index (χ0) is 19.7. The molecule has 3 atom stereocenters. The van der Waals surface area contributed by atoms with Crippen molar-refractivity contribution >= 4 is 22.7 Å². The molecule has 0 bridgehead atoms. The Morgan fingerprint density at radius 1 is 1.21 bits per heavy atom. The lowest BCUT2D eigenvalue weighted by atomic mass is 9.73. The van der Waals surface area contributed by atoms with Crippen LogP contribution in [0.25, 0.3) is 10.8 Å². The van der Waals surface area contributed by atoms with Gasteiger partial charge in [-0.2, -0.15) is 0 Å². The number of aliphatic hydroxyl groups excluding tert-OH is 1. The van der Waals surface area contributed by atoms with Crippen LogP contribution >= 0.6 is 0 Å². The standard InChI is InChI=1S/C22H26N2O4/c1-15-7-4-5-12-22(15)20(26)24(21(27)23-22)13-17(25)14-28-19-11-6-9-16-8-2-3-10-18(16)19/h2-3,6,8-11,15,17,25H,4-5,7,12-14H2,1H3,(H,23,27). The molecule has 4 rings (SSSR count). The number of nitrogens with zero attached hydrogens (tertiary/aromatic N) is 1. The zero-order valence-electron chi connectivity index (χ0n) is 16.1. The topological polar surface area (TPSA) is 78.9 Å². The Kier molecular flexibility index (Phi) is 4.98. The first kappa shape index (κ1) is 18.7. The number of urea groups is 1. The molecule has 1 saturated carbocycles. The molecule has 1 aliphatic heterocycles. The Bertz CT molecular complexity index is 894. The molecule has 6 heteroatoms. The van der Waals surface area contributed by atoms with Crippen molar-refractivity contribution in [3.63, 3.8) is 0 Å². The minimum Gasteiger partial charge on any atom is -0.490 e. The van der Waals surface area contributed by atoms with E-state index in [4.69, 9.17) is 4.74 Å². The number of hydrogen-bond acceptors (Lipinski definition) is 4. The number of benzene rings is 2. The second-order valence-electron chi connectivity index (χ2n) is 7.91. The quantitative estimate of drug-likeness (QED) is 0.779. The van der Waals surface area contributed by atoms with Gasteiger partial charge in [-0.3, -0.25) is 9.69 Å². The zero-order valence-corrected chi connectivity index (χ0v) is 16.1. The maximum atomic E-state index is 13.0. The van der Waals surface area contributed by atoms with Crippen molar-refractivity contribution in [1.29, 1.82) is 0 Å². The van der Waals surface area contributed by atoms with E-state index in [9.17, 15) is 14.7 Å². The van der Waals surface area contributed by atoms with Crippen LogP contribution in [0.1, 0.15) is 32.6 Å². The average molecular weight is 382 g/mol. The van der Waals surface area contributed by atoms with E-state index in [1.54, 1.807) is 0 Å². The van der Waals surface area contributed by atoms with Gasteiger partial charge in [0.05, 0.1) is 6.54 Å². The smallest absolute Gasteiger partial charge is 0.325 e. The molecule has 3 unspecified atom stereocenters. The summed E-state index contributed by atoms with van der Waals surface area (Å²) < 4.78 is 5.80. The van der Waals surface area contributed by atoms with Crippen LogP contribution in [0.4, 0.5) is 4.79 Å². The van der Waals surface area contributed by atoms with Crippen molar-refractivity contribution in [1.82, 2.24) is 10.2 Å². The third-order valence-electron chi connectivity index (χ3n) is 6.08. The Balaban J connectivity index is 1.41. The van der Waals surface area contributed by atoms with Crippen LogP contribution in [0.3, 0.4) is 0 Å². The monoisotopic (exact) mass is 382 g/mol. The van der Waals surface area contributed by atoms with Crippen LogP contribution in [0.5, 0.6) is 5.75 Å². The van der Waals surface area contributed by atoms with Crippen molar-refractivity contribution in [2.45, 2.75) is 44.2 Å². The minimum atomic E-state index is -0.956. The third-order valence-corrected chi connectivity index (χ3v) is 6.08. The summed E-state index contributed by atoms with van der Waals surface area (Å²) in [5.41, 5.74) is -0.800. The average Bonchev–Trinajstić information content (AvgIpc) is 2.93. The molecule has 3 amide bonds. The number of rotatable bonds is 5. The van der Waals surface area contributed by atoms with Crippen molar-refractivity contribution in [3.05, 3.63) is 42.5 Å². The number of nitrogens with one attached hydrogen (secondary N) is 1. The molecule has 0 radical (unpaired) electrons. The molecule has 1 saturated heterocycles. The summed E-state index contributed by atoms with van der Waals surface area (Å²) in [7, 11) is 0. The molecule has 1 aliphatic carbocycles. The van der Waals surface area contributed by atoms with Gasteiger partial charge >= 0.3 is 6.03 Å². The van der Waals surface area contributed by atoms with E-state index in [1.807, 2.05) is 49.4 Å². The fourth-order valence-corrected chi connectivity index (χ4v) is 4.43. The highest BCUT2D eigenvalue weighted by molar-refractivity contribution is 6.07. The first-order valence-corrected chi connectivity index (χ1v) is 9.94.